The van der Waals surface area contributed by atoms with Crippen LogP contribution in [0.1, 0.15) is 16.8 Å². The van der Waals surface area contributed by atoms with Gasteiger partial charge < -0.3 is 15.0 Å². The number of anilines is 1. The summed E-state index contributed by atoms with van der Waals surface area (Å²) in [6, 6.07) is 13.8. The van der Waals surface area contributed by atoms with Crippen molar-refractivity contribution in [1.82, 2.24) is 5.32 Å². The number of rotatable bonds is 4. The van der Waals surface area contributed by atoms with Gasteiger partial charge >= 0.3 is 0 Å². The third-order valence-electron chi connectivity index (χ3n) is 3.93. The van der Waals surface area contributed by atoms with E-state index in [4.69, 9.17) is 16.3 Å². The second-order valence-corrected chi connectivity index (χ2v) is 6.02. The first kappa shape index (κ1) is 16.3. The van der Waals surface area contributed by atoms with Crippen molar-refractivity contribution < 1.29 is 14.3 Å². The number of hydrogen-bond acceptors (Lipinski definition) is 3. The van der Waals surface area contributed by atoms with Crippen LogP contribution < -0.4 is 15.0 Å². The van der Waals surface area contributed by atoms with Crippen LogP contribution in [0.15, 0.2) is 48.5 Å². The van der Waals surface area contributed by atoms with Crippen molar-refractivity contribution in [1.29, 1.82) is 0 Å². The van der Waals surface area contributed by atoms with Crippen LogP contribution in [0.3, 0.4) is 0 Å². The summed E-state index contributed by atoms with van der Waals surface area (Å²) in [6.45, 7) is 0.441. The maximum absolute atomic E-state index is 12.3. The lowest BCUT2D eigenvalue weighted by Crippen LogP contribution is -2.37. The molecule has 0 radical (unpaired) electrons. The molecule has 0 aliphatic carbocycles. The van der Waals surface area contributed by atoms with Crippen LogP contribution in [0.5, 0.6) is 5.75 Å². The average molecular weight is 345 g/mol. The number of amides is 2. The van der Waals surface area contributed by atoms with Crippen molar-refractivity contribution >= 4 is 29.1 Å². The lowest BCUT2D eigenvalue weighted by molar-refractivity contribution is -0.117. The van der Waals surface area contributed by atoms with E-state index < -0.39 is 0 Å². The van der Waals surface area contributed by atoms with Gasteiger partial charge in [-0.3, -0.25) is 9.59 Å². The highest BCUT2D eigenvalue weighted by atomic mass is 35.5. The largest absolute Gasteiger partial charge is 0.497 e. The van der Waals surface area contributed by atoms with Crippen LogP contribution >= 0.6 is 11.6 Å². The Kier molecular flexibility index (Phi) is 4.71. The molecule has 1 heterocycles. The quantitative estimate of drug-likeness (QED) is 0.927. The maximum Gasteiger partial charge on any atom is 0.251 e. The number of halogens is 1. The maximum atomic E-state index is 12.3. The highest BCUT2D eigenvalue weighted by Gasteiger charge is 2.31. The molecule has 1 fully saturated rings. The minimum Gasteiger partial charge on any atom is -0.497 e. The molecule has 124 valence electrons. The Labute approximate surface area is 145 Å². The molecule has 1 saturated heterocycles. The Morgan fingerprint density at radius 2 is 2.00 bits per heavy atom. The molecule has 1 N–H and O–H groups in total. The summed E-state index contributed by atoms with van der Waals surface area (Å²) in [5, 5.41) is 3.52. The van der Waals surface area contributed by atoms with Crippen molar-refractivity contribution in [3.05, 3.63) is 59.1 Å². The van der Waals surface area contributed by atoms with Gasteiger partial charge in [0.2, 0.25) is 5.91 Å². The van der Waals surface area contributed by atoms with E-state index in [9.17, 15) is 9.59 Å². The highest BCUT2D eigenvalue weighted by Crippen LogP contribution is 2.23. The van der Waals surface area contributed by atoms with Gasteiger partial charge in [-0.05, 0) is 42.5 Å². The predicted molar refractivity (Wildman–Crippen MR) is 92.7 cm³/mol. The van der Waals surface area contributed by atoms with E-state index in [-0.39, 0.29) is 24.3 Å². The molecule has 0 bridgehead atoms. The molecule has 2 aromatic carbocycles. The van der Waals surface area contributed by atoms with Gasteiger partial charge in [0.05, 0.1) is 13.2 Å². The summed E-state index contributed by atoms with van der Waals surface area (Å²) < 4.78 is 5.12. The van der Waals surface area contributed by atoms with Crippen molar-refractivity contribution in [3.63, 3.8) is 0 Å². The number of carbonyl (C=O) groups excluding carboxylic acids is 2. The van der Waals surface area contributed by atoms with Crippen LogP contribution in [0.2, 0.25) is 5.02 Å². The minimum absolute atomic E-state index is 0.0201. The lowest BCUT2D eigenvalue weighted by atomic mass is 10.1. The molecular formula is C18H17ClN2O3. The van der Waals surface area contributed by atoms with Crippen LogP contribution in [-0.4, -0.2) is 31.5 Å². The molecule has 1 atom stereocenters. The van der Waals surface area contributed by atoms with E-state index in [1.54, 1.807) is 60.5 Å². The average Bonchev–Trinajstić information content (AvgIpc) is 2.96. The SMILES string of the molecule is COc1cccc(C(=O)NC2CC(=O)N(c3ccc(Cl)cc3)C2)c1. The summed E-state index contributed by atoms with van der Waals surface area (Å²) in [5.41, 5.74) is 1.29. The van der Waals surface area contributed by atoms with Gasteiger partial charge in [-0.2, -0.15) is 0 Å². The van der Waals surface area contributed by atoms with Crippen LogP contribution in [0.4, 0.5) is 5.69 Å². The summed E-state index contributed by atoms with van der Waals surface area (Å²) in [7, 11) is 1.55. The number of nitrogens with one attached hydrogen (secondary N) is 1. The number of methoxy groups -OCH3 is 1. The molecule has 0 saturated carbocycles. The van der Waals surface area contributed by atoms with Gasteiger partial charge in [-0.1, -0.05) is 17.7 Å². The van der Waals surface area contributed by atoms with E-state index in [0.717, 1.165) is 5.69 Å². The first-order valence-electron chi connectivity index (χ1n) is 7.57. The van der Waals surface area contributed by atoms with Crippen LogP contribution in [0.25, 0.3) is 0 Å². The van der Waals surface area contributed by atoms with E-state index in [2.05, 4.69) is 5.32 Å². The lowest BCUT2D eigenvalue weighted by Gasteiger charge is -2.17. The second kappa shape index (κ2) is 6.93. The van der Waals surface area contributed by atoms with Crippen LogP contribution in [0, 0.1) is 0 Å². The molecule has 3 rings (SSSR count). The third-order valence-corrected chi connectivity index (χ3v) is 4.18. The Hall–Kier alpha value is -2.53. The zero-order valence-corrected chi connectivity index (χ0v) is 13.9. The predicted octanol–water partition coefficient (Wildman–Crippen LogP) is 2.88. The number of nitrogens with zero attached hydrogens (tertiary/aromatic N) is 1. The van der Waals surface area contributed by atoms with Gasteiger partial charge in [-0.15, -0.1) is 0 Å². The zero-order chi connectivity index (χ0) is 17.1. The van der Waals surface area contributed by atoms with Crippen molar-refractivity contribution in [3.8, 4) is 5.75 Å². The standard InChI is InChI=1S/C18H17ClN2O3/c1-24-16-4-2-3-12(9-16)18(23)20-14-10-17(22)21(11-14)15-7-5-13(19)6-8-15/h2-9,14H,10-11H2,1H3,(H,20,23). The fourth-order valence-electron chi connectivity index (χ4n) is 2.71. The summed E-state index contributed by atoms with van der Waals surface area (Å²) >= 11 is 5.87. The molecule has 6 heteroatoms. The van der Waals surface area contributed by atoms with Gasteiger partial charge in [0.15, 0.2) is 0 Å². The number of benzene rings is 2. The van der Waals surface area contributed by atoms with Gasteiger partial charge in [0.1, 0.15) is 5.75 Å². The topological polar surface area (TPSA) is 58.6 Å². The first-order chi connectivity index (χ1) is 11.6. The molecule has 2 amide bonds. The molecule has 24 heavy (non-hydrogen) atoms. The molecule has 0 spiro atoms. The van der Waals surface area contributed by atoms with Crippen molar-refractivity contribution in [2.45, 2.75) is 12.5 Å². The van der Waals surface area contributed by atoms with Gasteiger partial charge in [0, 0.05) is 29.2 Å². The Morgan fingerprint density at radius 3 is 2.71 bits per heavy atom. The number of ether oxygens (including phenoxy) is 1. The fraction of sp³-hybridized carbons (Fsp3) is 0.222. The fourth-order valence-corrected chi connectivity index (χ4v) is 2.83. The van der Waals surface area contributed by atoms with Gasteiger partial charge in [0.25, 0.3) is 5.91 Å². The zero-order valence-electron chi connectivity index (χ0n) is 13.2. The second-order valence-electron chi connectivity index (χ2n) is 5.59. The highest BCUT2D eigenvalue weighted by molar-refractivity contribution is 6.30. The summed E-state index contributed by atoms with van der Waals surface area (Å²) in [4.78, 5) is 26.2. The van der Waals surface area contributed by atoms with E-state index in [1.165, 1.54) is 0 Å². The molecule has 1 aliphatic heterocycles. The van der Waals surface area contributed by atoms with Crippen molar-refractivity contribution in [2.24, 2.45) is 0 Å². The molecule has 2 aromatic rings. The molecule has 1 unspecified atom stereocenters. The number of hydrogen-bond donors (Lipinski definition) is 1. The van der Waals surface area contributed by atoms with Gasteiger partial charge in [-0.25, -0.2) is 0 Å². The number of carbonyl (C=O) groups is 2. The molecule has 0 aromatic heterocycles. The first-order valence-corrected chi connectivity index (χ1v) is 7.95. The molecular weight excluding hydrogens is 328 g/mol. The Balaban J connectivity index is 1.67. The third kappa shape index (κ3) is 3.51. The summed E-state index contributed by atoms with van der Waals surface area (Å²) in [5.74, 6) is 0.380. The Morgan fingerprint density at radius 1 is 1.25 bits per heavy atom. The normalized spacial score (nSPS) is 17.0. The summed E-state index contributed by atoms with van der Waals surface area (Å²) in [6.07, 6.45) is 0.276. The van der Waals surface area contributed by atoms with E-state index >= 15 is 0 Å². The van der Waals surface area contributed by atoms with Crippen molar-refractivity contribution in [2.75, 3.05) is 18.6 Å². The monoisotopic (exact) mass is 344 g/mol. The molecule has 1 aliphatic rings. The Bertz CT molecular complexity index is 761. The smallest absolute Gasteiger partial charge is 0.251 e. The minimum atomic E-state index is -0.230. The van der Waals surface area contributed by atoms with E-state index in [0.29, 0.717) is 22.9 Å². The molecule has 5 nitrogen and oxygen atoms in total. The van der Waals surface area contributed by atoms with Crippen LogP contribution in [-0.2, 0) is 4.79 Å². The van der Waals surface area contributed by atoms with E-state index in [1.807, 2.05) is 0 Å².